The first kappa shape index (κ1) is 18.0. The van der Waals surface area contributed by atoms with Gasteiger partial charge in [0.2, 0.25) is 6.79 Å². The van der Waals surface area contributed by atoms with Gasteiger partial charge in [0.15, 0.2) is 11.5 Å². The highest BCUT2D eigenvalue weighted by atomic mass is 16.7. The van der Waals surface area contributed by atoms with Gasteiger partial charge in [0, 0.05) is 19.0 Å². The lowest BCUT2D eigenvalue weighted by Gasteiger charge is -2.51. The molecule has 1 N–H and O–H groups in total. The molecule has 0 bridgehead atoms. The van der Waals surface area contributed by atoms with E-state index in [-0.39, 0.29) is 35.8 Å². The molecule has 3 heterocycles. The molecule has 3 aliphatic heterocycles. The van der Waals surface area contributed by atoms with Gasteiger partial charge in [0.05, 0.1) is 18.1 Å². The molecule has 1 aromatic carbocycles. The van der Waals surface area contributed by atoms with Gasteiger partial charge < -0.3 is 24.3 Å². The van der Waals surface area contributed by atoms with Crippen molar-refractivity contribution < 1.29 is 23.7 Å². The van der Waals surface area contributed by atoms with E-state index < -0.39 is 0 Å². The fourth-order valence-corrected chi connectivity index (χ4v) is 6.61. The van der Waals surface area contributed by atoms with Gasteiger partial charge in [0.1, 0.15) is 6.10 Å². The molecule has 0 radical (unpaired) electrons. The van der Waals surface area contributed by atoms with E-state index in [1.807, 2.05) is 18.2 Å². The van der Waals surface area contributed by atoms with Gasteiger partial charge in [-0.15, -0.1) is 0 Å². The van der Waals surface area contributed by atoms with E-state index in [1.165, 1.54) is 19.3 Å². The maximum Gasteiger partial charge on any atom is 0.310 e. The summed E-state index contributed by atoms with van der Waals surface area (Å²) in [4.78, 5) is 12.7. The molecule has 1 spiro atoms. The summed E-state index contributed by atoms with van der Waals surface area (Å²) in [7, 11) is 0. The number of hydrogen-bond donors (Lipinski definition) is 1. The van der Waals surface area contributed by atoms with Crippen LogP contribution in [-0.4, -0.2) is 37.6 Å². The first-order valence-electron chi connectivity index (χ1n) is 11.0. The SMILES string of the molecule is C[C@]12CCCC3(CO3)C1C[C@@H]1C(CNCc3ccc4c(c3)OCO4)C(=O)O[C@@H]1C2. The Bertz CT molecular complexity index is 837. The van der Waals surface area contributed by atoms with Gasteiger partial charge in [-0.1, -0.05) is 13.0 Å². The van der Waals surface area contributed by atoms with Crippen molar-refractivity contribution >= 4 is 5.97 Å². The predicted molar refractivity (Wildman–Crippen MR) is 104 cm³/mol. The third kappa shape index (κ3) is 2.87. The van der Waals surface area contributed by atoms with Crippen LogP contribution in [0.2, 0.25) is 0 Å². The number of epoxide rings is 1. The Balaban J connectivity index is 1.13. The summed E-state index contributed by atoms with van der Waals surface area (Å²) in [5.41, 5.74) is 1.49. The number of hydrogen-bond acceptors (Lipinski definition) is 6. The average molecular weight is 399 g/mol. The van der Waals surface area contributed by atoms with Crippen molar-refractivity contribution in [1.29, 1.82) is 0 Å². The summed E-state index contributed by atoms with van der Waals surface area (Å²) in [6.45, 7) is 4.95. The van der Waals surface area contributed by atoms with E-state index in [0.29, 0.717) is 24.9 Å². The van der Waals surface area contributed by atoms with Gasteiger partial charge in [-0.05, 0) is 61.1 Å². The Morgan fingerprint density at radius 2 is 2.07 bits per heavy atom. The number of rotatable bonds is 4. The largest absolute Gasteiger partial charge is 0.462 e. The lowest BCUT2D eigenvalue weighted by molar-refractivity contribution is -0.147. The molecule has 156 valence electrons. The first-order chi connectivity index (χ1) is 14.1. The lowest BCUT2D eigenvalue weighted by Crippen LogP contribution is -2.51. The van der Waals surface area contributed by atoms with Crippen LogP contribution in [0.1, 0.15) is 44.6 Å². The molecule has 3 unspecified atom stereocenters. The standard InChI is InChI=1S/C23H29NO5/c1-22-5-2-6-23(12-28-23)20(22)8-15-16(21(25)29-19(15)9-22)11-24-10-14-3-4-17-18(7-14)27-13-26-17/h3-4,7,15-16,19-20,24H,2,5-6,8-13H2,1H3/t15-,16?,19-,20?,22-,23?/m1/s1. The number of carbonyl (C=O) groups excluding carboxylic acids is 1. The van der Waals surface area contributed by atoms with Crippen molar-refractivity contribution in [3.63, 3.8) is 0 Å². The van der Waals surface area contributed by atoms with E-state index in [9.17, 15) is 4.79 Å². The van der Waals surface area contributed by atoms with E-state index in [0.717, 1.165) is 36.5 Å². The number of esters is 1. The second-order valence-electron chi connectivity index (χ2n) is 9.92. The highest BCUT2D eigenvalue weighted by molar-refractivity contribution is 5.75. The zero-order valence-corrected chi connectivity index (χ0v) is 16.9. The number of fused-ring (bicyclic) bond motifs is 4. The molecular weight excluding hydrogens is 370 g/mol. The maximum atomic E-state index is 12.7. The normalized spacial score (nSPS) is 41.8. The van der Waals surface area contributed by atoms with Crippen LogP contribution in [0.25, 0.3) is 0 Å². The van der Waals surface area contributed by atoms with E-state index in [4.69, 9.17) is 18.9 Å². The van der Waals surface area contributed by atoms with Crippen molar-refractivity contribution in [2.24, 2.45) is 23.2 Å². The molecule has 29 heavy (non-hydrogen) atoms. The second kappa shape index (κ2) is 6.35. The van der Waals surface area contributed by atoms with Crippen LogP contribution in [0.15, 0.2) is 18.2 Å². The molecule has 6 nitrogen and oxygen atoms in total. The molecule has 2 aliphatic carbocycles. The number of carbonyl (C=O) groups is 1. The van der Waals surface area contributed by atoms with Gasteiger partial charge in [-0.3, -0.25) is 4.79 Å². The van der Waals surface area contributed by atoms with E-state index in [2.05, 4.69) is 12.2 Å². The average Bonchev–Trinajstić information content (AvgIpc) is 3.18. The molecule has 6 atom stereocenters. The summed E-state index contributed by atoms with van der Waals surface area (Å²) < 4.78 is 22.7. The van der Waals surface area contributed by atoms with Crippen molar-refractivity contribution in [3.8, 4) is 11.5 Å². The van der Waals surface area contributed by atoms with E-state index >= 15 is 0 Å². The van der Waals surface area contributed by atoms with Crippen LogP contribution in [0.5, 0.6) is 11.5 Å². The van der Waals surface area contributed by atoms with Crippen molar-refractivity contribution in [2.45, 2.75) is 57.3 Å². The van der Waals surface area contributed by atoms with Crippen LogP contribution in [0, 0.1) is 23.2 Å². The number of nitrogens with one attached hydrogen (secondary N) is 1. The molecule has 4 fully saturated rings. The van der Waals surface area contributed by atoms with E-state index in [1.54, 1.807) is 0 Å². The summed E-state index contributed by atoms with van der Waals surface area (Å²) >= 11 is 0. The van der Waals surface area contributed by atoms with Crippen LogP contribution < -0.4 is 14.8 Å². The van der Waals surface area contributed by atoms with Crippen molar-refractivity contribution in [1.82, 2.24) is 5.32 Å². The molecule has 1 aromatic rings. The molecule has 2 saturated carbocycles. The highest BCUT2D eigenvalue weighted by Gasteiger charge is 2.64. The minimum Gasteiger partial charge on any atom is -0.462 e. The summed E-state index contributed by atoms with van der Waals surface area (Å²) in [6.07, 6.45) is 5.79. The first-order valence-corrected chi connectivity index (χ1v) is 11.0. The van der Waals surface area contributed by atoms with Crippen LogP contribution in [0.4, 0.5) is 0 Å². The topological polar surface area (TPSA) is 69.3 Å². The molecule has 0 aromatic heterocycles. The van der Waals surface area contributed by atoms with Crippen LogP contribution in [0.3, 0.4) is 0 Å². The Hall–Kier alpha value is -1.79. The fraction of sp³-hybridized carbons (Fsp3) is 0.696. The molecule has 2 saturated heterocycles. The number of ether oxygens (including phenoxy) is 4. The fourth-order valence-electron chi connectivity index (χ4n) is 6.61. The Morgan fingerprint density at radius 3 is 2.93 bits per heavy atom. The second-order valence-corrected chi connectivity index (χ2v) is 9.92. The molecular formula is C23H29NO5. The third-order valence-corrected chi connectivity index (χ3v) is 8.21. The minimum atomic E-state index is -0.0590. The molecule has 6 rings (SSSR count). The Labute approximate surface area is 171 Å². The van der Waals surface area contributed by atoms with Crippen LogP contribution in [-0.2, 0) is 20.8 Å². The lowest BCUT2D eigenvalue weighted by atomic mass is 9.53. The summed E-state index contributed by atoms with van der Waals surface area (Å²) in [6, 6.07) is 5.99. The molecule has 5 aliphatic rings. The van der Waals surface area contributed by atoms with Crippen molar-refractivity contribution in [2.75, 3.05) is 19.9 Å². The summed E-state index contributed by atoms with van der Waals surface area (Å²) in [5, 5.41) is 3.49. The zero-order chi connectivity index (χ0) is 19.6. The van der Waals surface area contributed by atoms with Crippen LogP contribution >= 0.6 is 0 Å². The Kier molecular flexibility index (Phi) is 3.95. The molecule has 6 heteroatoms. The number of benzene rings is 1. The summed E-state index contributed by atoms with van der Waals surface area (Å²) in [5.74, 6) is 2.38. The predicted octanol–water partition coefficient (Wildman–Crippen LogP) is 3.03. The highest BCUT2D eigenvalue weighted by Crippen LogP contribution is 2.62. The maximum absolute atomic E-state index is 12.7. The zero-order valence-electron chi connectivity index (χ0n) is 16.9. The van der Waals surface area contributed by atoms with Gasteiger partial charge in [-0.2, -0.15) is 0 Å². The van der Waals surface area contributed by atoms with Crippen molar-refractivity contribution in [3.05, 3.63) is 23.8 Å². The molecule has 0 amide bonds. The van der Waals surface area contributed by atoms with Gasteiger partial charge >= 0.3 is 5.97 Å². The quantitative estimate of drug-likeness (QED) is 0.620. The van der Waals surface area contributed by atoms with Gasteiger partial charge in [-0.25, -0.2) is 0 Å². The Morgan fingerprint density at radius 1 is 1.21 bits per heavy atom. The monoisotopic (exact) mass is 399 g/mol. The third-order valence-electron chi connectivity index (χ3n) is 8.21. The smallest absolute Gasteiger partial charge is 0.310 e. The van der Waals surface area contributed by atoms with Gasteiger partial charge in [0.25, 0.3) is 0 Å². The minimum absolute atomic E-state index is 0.0220.